The number of aryl methyl sites for hydroxylation is 3. The molecule has 2 heterocycles. The molecule has 0 bridgehead atoms. The average molecular weight is 368 g/mol. The number of carbonyl (C=O) groups excluding carboxylic acids is 1. The highest BCUT2D eigenvalue weighted by molar-refractivity contribution is 7.15. The number of esters is 1. The van der Waals surface area contributed by atoms with Crippen LogP contribution in [0.2, 0.25) is 0 Å². The van der Waals surface area contributed by atoms with E-state index in [0.717, 1.165) is 28.8 Å². The van der Waals surface area contributed by atoms with Crippen LogP contribution in [0.3, 0.4) is 0 Å². The predicted molar refractivity (Wildman–Crippen MR) is 99.3 cm³/mol. The summed E-state index contributed by atoms with van der Waals surface area (Å²) in [7, 11) is 0. The van der Waals surface area contributed by atoms with E-state index >= 15 is 0 Å². The van der Waals surface area contributed by atoms with Gasteiger partial charge in [0.05, 0.1) is 10.4 Å². The van der Waals surface area contributed by atoms with E-state index in [1.165, 1.54) is 23.3 Å². The largest absolute Gasteiger partial charge is 0.452 e. The Morgan fingerprint density at radius 2 is 2.08 bits per heavy atom. The van der Waals surface area contributed by atoms with Gasteiger partial charge < -0.3 is 9.15 Å². The van der Waals surface area contributed by atoms with Crippen molar-refractivity contribution in [3.05, 3.63) is 57.3 Å². The molecule has 0 spiro atoms. The van der Waals surface area contributed by atoms with Gasteiger partial charge in [-0.2, -0.15) is 0 Å². The Balaban J connectivity index is 1.44. The molecular weight excluding hydrogens is 348 g/mol. The highest BCUT2D eigenvalue weighted by Crippen LogP contribution is 2.35. The van der Waals surface area contributed by atoms with E-state index in [-0.39, 0.29) is 12.6 Å². The molecule has 0 atom stereocenters. The summed E-state index contributed by atoms with van der Waals surface area (Å²) < 4.78 is 11.0. The quantitative estimate of drug-likeness (QED) is 0.627. The minimum atomic E-state index is -0.377. The highest BCUT2D eigenvalue weighted by atomic mass is 32.1. The van der Waals surface area contributed by atoms with Crippen molar-refractivity contribution in [3.63, 3.8) is 0 Å². The fraction of sp³-hybridized carbons (Fsp3) is 0.350. The van der Waals surface area contributed by atoms with Crippen LogP contribution in [0.4, 0.5) is 0 Å². The van der Waals surface area contributed by atoms with Crippen molar-refractivity contribution >= 4 is 17.3 Å². The number of benzene rings is 1. The third-order valence-corrected chi connectivity index (χ3v) is 6.05. The van der Waals surface area contributed by atoms with Gasteiger partial charge in [-0.1, -0.05) is 12.1 Å². The van der Waals surface area contributed by atoms with Crippen LogP contribution in [0.15, 0.2) is 28.7 Å². The summed E-state index contributed by atoms with van der Waals surface area (Å²) in [5.74, 6) is 0.435. The van der Waals surface area contributed by atoms with E-state index in [9.17, 15) is 4.79 Å². The van der Waals surface area contributed by atoms with Gasteiger partial charge in [0, 0.05) is 4.88 Å². The zero-order chi connectivity index (χ0) is 18.1. The number of rotatable bonds is 4. The maximum atomic E-state index is 12.3. The minimum Gasteiger partial charge on any atom is -0.452 e. The maximum absolute atomic E-state index is 12.3. The second-order valence-corrected chi connectivity index (χ2v) is 7.73. The molecule has 0 aliphatic heterocycles. The first kappa shape index (κ1) is 17.0. The Bertz CT molecular complexity index is 934. The first-order valence-corrected chi connectivity index (χ1v) is 9.61. The van der Waals surface area contributed by atoms with Crippen LogP contribution in [0.1, 0.15) is 50.7 Å². The molecule has 0 N–H and O–H groups in total. The van der Waals surface area contributed by atoms with Gasteiger partial charge >= 0.3 is 5.97 Å². The van der Waals surface area contributed by atoms with Gasteiger partial charge in [0.25, 0.3) is 11.8 Å². The number of aromatic nitrogens is 2. The van der Waals surface area contributed by atoms with Crippen molar-refractivity contribution in [2.75, 3.05) is 0 Å². The lowest BCUT2D eigenvalue weighted by Gasteiger charge is -2.08. The molecule has 0 saturated heterocycles. The number of hydrogen-bond donors (Lipinski definition) is 0. The first-order chi connectivity index (χ1) is 12.6. The summed E-state index contributed by atoms with van der Waals surface area (Å²) >= 11 is 1.72. The van der Waals surface area contributed by atoms with E-state index < -0.39 is 0 Å². The van der Waals surface area contributed by atoms with Crippen molar-refractivity contribution in [1.29, 1.82) is 0 Å². The third kappa shape index (κ3) is 3.29. The molecule has 4 rings (SSSR count). The van der Waals surface area contributed by atoms with Gasteiger partial charge in [-0.05, 0) is 68.4 Å². The molecule has 0 fully saturated rings. The summed E-state index contributed by atoms with van der Waals surface area (Å²) in [4.78, 5) is 14.7. The molecule has 1 aromatic carbocycles. The standard InChI is InChI=1S/C20H20N2O3S/c1-12-6-5-8-15(13(12)2)20(23)24-11-18-21-22-19(25-18)17-10-14-7-3-4-9-16(14)26-17/h5-6,8,10H,3-4,7,9,11H2,1-2H3. The number of thiophene rings is 1. The minimum absolute atomic E-state index is 0.0235. The normalized spacial score (nSPS) is 13.5. The Hall–Kier alpha value is -2.47. The Labute approximate surface area is 156 Å². The van der Waals surface area contributed by atoms with E-state index in [1.54, 1.807) is 17.4 Å². The lowest BCUT2D eigenvalue weighted by Crippen LogP contribution is -2.08. The number of fused-ring (bicyclic) bond motifs is 1. The Morgan fingerprint density at radius 1 is 1.23 bits per heavy atom. The zero-order valence-electron chi connectivity index (χ0n) is 14.9. The monoisotopic (exact) mass is 368 g/mol. The number of carbonyl (C=O) groups is 1. The van der Waals surface area contributed by atoms with Crippen LogP contribution in [0.5, 0.6) is 0 Å². The highest BCUT2D eigenvalue weighted by Gasteiger charge is 2.19. The molecule has 1 aliphatic rings. The van der Waals surface area contributed by atoms with Crippen LogP contribution in [-0.2, 0) is 24.2 Å². The first-order valence-electron chi connectivity index (χ1n) is 8.79. The van der Waals surface area contributed by atoms with Crippen molar-refractivity contribution in [2.45, 2.75) is 46.1 Å². The molecular formula is C20H20N2O3S. The van der Waals surface area contributed by atoms with Crippen LogP contribution in [-0.4, -0.2) is 16.2 Å². The molecule has 0 radical (unpaired) electrons. The van der Waals surface area contributed by atoms with Crippen molar-refractivity contribution in [2.24, 2.45) is 0 Å². The number of ether oxygens (including phenoxy) is 1. The maximum Gasteiger partial charge on any atom is 0.338 e. The fourth-order valence-electron chi connectivity index (χ4n) is 3.18. The predicted octanol–water partition coefficient (Wildman–Crippen LogP) is 4.65. The molecule has 0 saturated carbocycles. The van der Waals surface area contributed by atoms with E-state index in [0.29, 0.717) is 17.3 Å². The van der Waals surface area contributed by atoms with Crippen molar-refractivity contribution in [1.82, 2.24) is 10.2 Å². The second kappa shape index (κ2) is 7.03. The summed E-state index contributed by atoms with van der Waals surface area (Å²) in [6.45, 7) is 3.86. The molecule has 134 valence electrons. The molecule has 6 heteroatoms. The summed E-state index contributed by atoms with van der Waals surface area (Å²) in [5.41, 5.74) is 3.95. The van der Waals surface area contributed by atoms with E-state index in [4.69, 9.17) is 9.15 Å². The van der Waals surface area contributed by atoms with Gasteiger partial charge in [0.15, 0.2) is 6.61 Å². The van der Waals surface area contributed by atoms with Crippen LogP contribution in [0, 0.1) is 13.8 Å². The SMILES string of the molecule is Cc1cccc(C(=O)OCc2nnc(-c3cc4c(s3)CCCC4)o2)c1C. The summed E-state index contributed by atoms with van der Waals surface area (Å²) in [6, 6.07) is 7.73. The second-order valence-electron chi connectivity index (χ2n) is 6.59. The van der Waals surface area contributed by atoms with Crippen LogP contribution < -0.4 is 0 Å². The smallest absolute Gasteiger partial charge is 0.338 e. The molecule has 1 aliphatic carbocycles. The van der Waals surface area contributed by atoms with Crippen LogP contribution >= 0.6 is 11.3 Å². The van der Waals surface area contributed by atoms with Crippen LogP contribution in [0.25, 0.3) is 10.8 Å². The topological polar surface area (TPSA) is 65.2 Å². The molecule has 3 aromatic rings. The zero-order valence-corrected chi connectivity index (χ0v) is 15.7. The van der Waals surface area contributed by atoms with Gasteiger partial charge in [-0.25, -0.2) is 4.79 Å². The fourth-order valence-corrected chi connectivity index (χ4v) is 4.36. The molecule has 0 unspecified atom stereocenters. The number of hydrogen-bond acceptors (Lipinski definition) is 6. The Kier molecular flexibility index (Phi) is 4.59. The Morgan fingerprint density at radius 3 is 2.92 bits per heavy atom. The number of nitrogens with zero attached hydrogens (tertiary/aromatic N) is 2. The lowest BCUT2D eigenvalue weighted by atomic mass is 9.99. The molecule has 0 amide bonds. The summed E-state index contributed by atoms with van der Waals surface area (Å²) in [5, 5.41) is 8.13. The van der Waals surface area contributed by atoms with Crippen molar-refractivity contribution < 1.29 is 13.9 Å². The molecule has 5 nitrogen and oxygen atoms in total. The van der Waals surface area contributed by atoms with Crippen molar-refractivity contribution in [3.8, 4) is 10.8 Å². The molecule has 2 aromatic heterocycles. The van der Waals surface area contributed by atoms with E-state index in [1.807, 2.05) is 26.0 Å². The van der Waals surface area contributed by atoms with E-state index in [2.05, 4.69) is 16.3 Å². The average Bonchev–Trinajstić information content (AvgIpc) is 3.28. The third-order valence-electron chi connectivity index (χ3n) is 4.83. The van der Waals surface area contributed by atoms with Gasteiger partial charge in [0.2, 0.25) is 0 Å². The van der Waals surface area contributed by atoms with Gasteiger partial charge in [-0.15, -0.1) is 21.5 Å². The van der Waals surface area contributed by atoms with Gasteiger partial charge in [-0.3, -0.25) is 0 Å². The summed E-state index contributed by atoms with van der Waals surface area (Å²) in [6.07, 6.45) is 4.75. The lowest BCUT2D eigenvalue weighted by molar-refractivity contribution is 0.0437. The van der Waals surface area contributed by atoms with Gasteiger partial charge in [0.1, 0.15) is 0 Å². The molecule has 26 heavy (non-hydrogen) atoms.